The van der Waals surface area contributed by atoms with Gasteiger partial charge in [-0.15, -0.1) is 0 Å². The third-order valence-electron chi connectivity index (χ3n) is 2.52. The first-order chi connectivity index (χ1) is 5.72. The lowest BCUT2D eigenvalue weighted by Crippen LogP contribution is -2.13. The minimum atomic E-state index is 0.147. The molecule has 0 aromatic heterocycles. The zero-order chi connectivity index (χ0) is 8.97. The predicted octanol–water partition coefficient (Wildman–Crippen LogP) is 3.99. The van der Waals surface area contributed by atoms with Crippen LogP contribution in [0.15, 0.2) is 24.0 Å². The molecule has 0 aliphatic heterocycles. The lowest BCUT2D eigenvalue weighted by atomic mass is 9.87. The molecule has 1 aliphatic rings. The van der Waals surface area contributed by atoms with Crippen LogP contribution in [0.3, 0.4) is 0 Å². The lowest BCUT2D eigenvalue weighted by Gasteiger charge is -2.27. The Morgan fingerprint density at radius 2 is 2.25 bits per heavy atom. The van der Waals surface area contributed by atoms with Crippen molar-refractivity contribution in [2.24, 2.45) is 5.92 Å². The summed E-state index contributed by atoms with van der Waals surface area (Å²) < 4.78 is 0. The predicted molar refractivity (Wildman–Crippen MR) is 59.0 cm³/mol. The van der Waals surface area contributed by atoms with E-state index in [9.17, 15) is 0 Å². The van der Waals surface area contributed by atoms with Gasteiger partial charge < -0.3 is 0 Å². The van der Waals surface area contributed by atoms with Crippen LogP contribution in [0.2, 0.25) is 0 Å². The standard InChI is InChI=1S/C11H19P/c1-4-10(2)8-12(3)9-11-6-5-7-11/h4,8,11H,1,5-7,9H2,2-3H3/b10-8-. The van der Waals surface area contributed by atoms with E-state index in [4.69, 9.17) is 0 Å². The molecular formula is C11H19P. The van der Waals surface area contributed by atoms with Gasteiger partial charge in [-0.25, -0.2) is 0 Å². The average molecular weight is 182 g/mol. The highest BCUT2D eigenvalue weighted by Gasteiger charge is 2.18. The molecule has 0 heterocycles. The normalized spacial score (nSPS) is 21.7. The molecule has 68 valence electrons. The fourth-order valence-electron chi connectivity index (χ4n) is 1.54. The zero-order valence-corrected chi connectivity index (χ0v) is 9.11. The third kappa shape index (κ3) is 3.11. The smallest absolute Gasteiger partial charge is 0.0265 e. The molecule has 0 aromatic carbocycles. The van der Waals surface area contributed by atoms with Crippen molar-refractivity contribution in [2.45, 2.75) is 26.2 Å². The summed E-state index contributed by atoms with van der Waals surface area (Å²) >= 11 is 0. The van der Waals surface area contributed by atoms with Crippen LogP contribution in [0, 0.1) is 5.92 Å². The van der Waals surface area contributed by atoms with E-state index in [1.54, 1.807) is 0 Å². The lowest BCUT2D eigenvalue weighted by molar-refractivity contribution is 0.351. The molecule has 0 saturated heterocycles. The first-order valence-corrected chi connectivity index (χ1v) is 6.78. The summed E-state index contributed by atoms with van der Waals surface area (Å²) in [6.45, 7) is 8.29. The minimum absolute atomic E-state index is 0.147. The van der Waals surface area contributed by atoms with Gasteiger partial charge in [-0.1, -0.05) is 51.2 Å². The third-order valence-corrected chi connectivity index (χ3v) is 4.46. The molecule has 1 unspecified atom stereocenters. The summed E-state index contributed by atoms with van der Waals surface area (Å²) in [6, 6.07) is 0. The molecule has 0 spiro atoms. The molecule has 1 heteroatoms. The summed E-state index contributed by atoms with van der Waals surface area (Å²) in [5, 5.41) is 0. The number of hydrogen-bond donors (Lipinski definition) is 0. The van der Waals surface area contributed by atoms with Crippen LogP contribution in [0.1, 0.15) is 26.2 Å². The molecule has 0 bridgehead atoms. The van der Waals surface area contributed by atoms with Gasteiger partial charge in [-0.05, 0) is 25.7 Å². The SMILES string of the molecule is C=C/C(C)=C\P(C)CC1CCC1. The maximum atomic E-state index is 3.77. The second kappa shape index (κ2) is 4.82. The van der Waals surface area contributed by atoms with Crippen molar-refractivity contribution in [3.63, 3.8) is 0 Å². The van der Waals surface area contributed by atoms with Gasteiger partial charge in [-0.3, -0.25) is 0 Å². The van der Waals surface area contributed by atoms with E-state index in [1.165, 1.54) is 31.0 Å². The first kappa shape index (κ1) is 9.99. The second-order valence-electron chi connectivity index (χ2n) is 3.81. The molecule has 0 amide bonds. The molecule has 1 aliphatic carbocycles. The Bertz CT molecular complexity index is 177. The van der Waals surface area contributed by atoms with Crippen molar-refractivity contribution in [3.8, 4) is 0 Å². The summed E-state index contributed by atoms with van der Waals surface area (Å²) in [4.78, 5) is 0. The number of rotatable bonds is 4. The van der Waals surface area contributed by atoms with Crippen LogP contribution in [0.4, 0.5) is 0 Å². The van der Waals surface area contributed by atoms with Crippen LogP contribution in [0.5, 0.6) is 0 Å². The molecule has 0 radical (unpaired) electrons. The van der Waals surface area contributed by atoms with Crippen molar-refractivity contribution >= 4 is 7.92 Å². The fraction of sp³-hybridized carbons (Fsp3) is 0.636. The Labute approximate surface area is 77.5 Å². The van der Waals surface area contributed by atoms with E-state index >= 15 is 0 Å². The van der Waals surface area contributed by atoms with Crippen molar-refractivity contribution in [1.29, 1.82) is 0 Å². The average Bonchev–Trinajstić information content (AvgIpc) is 1.97. The van der Waals surface area contributed by atoms with Crippen LogP contribution in [0.25, 0.3) is 0 Å². The van der Waals surface area contributed by atoms with Gasteiger partial charge in [0.2, 0.25) is 0 Å². The highest BCUT2D eigenvalue weighted by Crippen LogP contribution is 2.42. The number of allylic oxidation sites excluding steroid dienone is 2. The van der Waals surface area contributed by atoms with Crippen LogP contribution >= 0.6 is 7.92 Å². The van der Waals surface area contributed by atoms with E-state index in [2.05, 4.69) is 26.0 Å². The maximum Gasteiger partial charge on any atom is -0.0265 e. The van der Waals surface area contributed by atoms with Gasteiger partial charge in [0.1, 0.15) is 0 Å². The Kier molecular flexibility index (Phi) is 4.01. The van der Waals surface area contributed by atoms with E-state index in [1.807, 2.05) is 6.08 Å². The Balaban J connectivity index is 2.26. The molecule has 1 rings (SSSR count). The molecule has 0 nitrogen and oxygen atoms in total. The monoisotopic (exact) mass is 182 g/mol. The van der Waals surface area contributed by atoms with Gasteiger partial charge in [0.05, 0.1) is 0 Å². The van der Waals surface area contributed by atoms with Gasteiger partial charge in [0.25, 0.3) is 0 Å². The van der Waals surface area contributed by atoms with Crippen LogP contribution < -0.4 is 0 Å². The van der Waals surface area contributed by atoms with Crippen LogP contribution in [-0.2, 0) is 0 Å². The second-order valence-corrected chi connectivity index (χ2v) is 5.95. The molecule has 1 atom stereocenters. The summed E-state index contributed by atoms with van der Waals surface area (Å²) in [6.07, 6.45) is 7.83. The quantitative estimate of drug-likeness (QED) is 0.455. The Morgan fingerprint density at radius 3 is 2.67 bits per heavy atom. The maximum absolute atomic E-state index is 3.77. The van der Waals surface area contributed by atoms with E-state index in [0.717, 1.165) is 5.92 Å². The van der Waals surface area contributed by atoms with Crippen molar-refractivity contribution < 1.29 is 0 Å². The molecule has 1 saturated carbocycles. The van der Waals surface area contributed by atoms with Crippen molar-refractivity contribution in [1.82, 2.24) is 0 Å². The first-order valence-electron chi connectivity index (χ1n) is 4.73. The molecule has 0 aromatic rings. The molecular weight excluding hydrogens is 163 g/mol. The topological polar surface area (TPSA) is 0 Å². The van der Waals surface area contributed by atoms with E-state index in [0.29, 0.717) is 0 Å². The van der Waals surface area contributed by atoms with Crippen molar-refractivity contribution in [2.75, 3.05) is 12.8 Å². The Hall–Kier alpha value is -0.0900. The van der Waals surface area contributed by atoms with Crippen LogP contribution in [-0.4, -0.2) is 12.8 Å². The van der Waals surface area contributed by atoms with Gasteiger partial charge in [-0.2, -0.15) is 0 Å². The van der Waals surface area contributed by atoms with Gasteiger partial charge >= 0.3 is 0 Å². The number of hydrogen-bond acceptors (Lipinski definition) is 0. The molecule has 1 fully saturated rings. The fourth-order valence-corrected chi connectivity index (χ4v) is 3.62. The van der Waals surface area contributed by atoms with E-state index < -0.39 is 0 Å². The highest BCUT2D eigenvalue weighted by atomic mass is 31.1. The summed E-state index contributed by atoms with van der Waals surface area (Å²) in [5.74, 6) is 3.45. The van der Waals surface area contributed by atoms with Crippen molar-refractivity contribution in [3.05, 3.63) is 24.0 Å². The summed E-state index contributed by atoms with van der Waals surface area (Å²) in [5.41, 5.74) is 1.35. The summed E-state index contributed by atoms with van der Waals surface area (Å²) in [7, 11) is 0.147. The molecule has 12 heavy (non-hydrogen) atoms. The Morgan fingerprint density at radius 1 is 1.58 bits per heavy atom. The van der Waals surface area contributed by atoms with E-state index in [-0.39, 0.29) is 7.92 Å². The largest absolute Gasteiger partial charge is 0.0988 e. The van der Waals surface area contributed by atoms with Gasteiger partial charge in [0, 0.05) is 0 Å². The highest BCUT2D eigenvalue weighted by molar-refractivity contribution is 7.60. The zero-order valence-electron chi connectivity index (χ0n) is 8.21. The van der Waals surface area contributed by atoms with Gasteiger partial charge in [0.15, 0.2) is 0 Å². The molecule has 0 N–H and O–H groups in total. The minimum Gasteiger partial charge on any atom is -0.0988 e.